The molecule has 0 radical (unpaired) electrons. The highest BCUT2D eigenvalue weighted by molar-refractivity contribution is 6.30. The number of phenolic OH excluding ortho intramolecular Hbond substituents is 1. The molecule has 2 aromatic carbocycles. The van der Waals surface area contributed by atoms with Crippen LogP contribution in [-0.4, -0.2) is 23.3 Å². The van der Waals surface area contributed by atoms with Gasteiger partial charge in [-0.1, -0.05) is 36.7 Å². The first-order valence-electron chi connectivity index (χ1n) is 7.23. The summed E-state index contributed by atoms with van der Waals surface area (Å²) in [6.45, 7) is 1.91. The highest BCUT2D eigenvalue weighted by atomic mass is 35.5. The van der Waals surface area contributed by atoms with Gasteiger partial charge in [-0.25, -0.2) is 5.43 Å². The van der Waals surface area contributed by atoms with Crippen LogP contribution in [-0.2, 0) is 4.79 Å². The molecule has 1 atom stereocenters. The van der Waals surface area contributed by atoms with Crippen LogP contribution in [0.3, 0.4) is 0 Å². The van der Waals surface area contributed by atoms with Gasteiger partial charge in [0.15, 0.2) is 0 Å². The Balaban J connectivity index is 1.97. The predicted molar refractivity (Wildman–Crippen MR) is 93.0 cm³/mol. The molecule has 6 heteroatoms. The van der Waals surface area contributed by atoms with Gasteiger partial charge < -0.3 is 10.4 Å². The number of carbonyl (C=O) groups is 1. The molecule has 0 aromatic heterocycles. The Morgan fingerprint density at radius 2 is 2.04 bits per heavy atom. The number of carbonyl (C=O) groups excluding carboxylic acids is 1. The lowest BCUT2D eigenvalue weighted by Crippen LogP contribution is -2.36. The molecule has 0 heterocycles. The average molecular weight is 332 g/mol. The van der Waals surface area contributed by atoms with Crippen molar-refractivity contribution in [3.63, 3.8) is 0 Å². The molecule has 23 heavy (non-hydrogen) atoms. The van der Waals surface area contributed by atoms with Crippen molar-refractivity contribution >= 4 is 29.4 Å². The van der Waals surface area contributed by atoms with Crippen molar-refractivity contribution in [1.29, 1.82) is 0 Å². The number of hydrazone groups is 1. The number of halogens is 1. The Hall–Kier alpha value is -2.53. The highest BCUT2D eigenvalue weighted by Gasteiger charge is 2.15. The fraction of sp³-hybridized carbons (Fsp3) is 0.176. The summed E-state index contributed by atoms with van der Waals surface area (Å²) in [6.07, 6.45) is 1.97. The fourth-order valence-electron chi connectivity index (χ4n) is 1.96. The van der Waals surface area contributed by atoms with Gasteiger partial charge >= 0.3 is 0 Å². The normalized spacial score (nSPS) is 12.1. The maximum Gasteiger partial charge on any atom is 0.262 e. The Morgan fingerprint density at radius 3 is 2.74 bits per heavy atom. The third-order valence-electron chi connectivity index (χ3n) is 3.21. The zero-order valence-electron chi connectivity index (χ0n) is 12.7. The van der Waals surface area contributed by atoms with Gasteiger partial charge in [0, 0.05) is 16.3 Å². The Kier molecular flexibility index (Phi) is 6.00. The van der Waals surface area contributed by atoms with E-state index < -0.39 is 6.04 Å². The van der Waals surface area contributed by atoms with Gasteiger partial charge in [-0.2, -0.15) is 5.10 Å². The van der Waals surface area contributed by atoms with Crippen molar-refractivity contribution in [2.75, 3.05) is 5.32 Å². The van der Waals surface area contributed by atoms with Crippen LogP contribution >= 0.6 is 11.6 Å². The lowest BCUT2D eigenvalue weighted by atomic mass is 10.2. The van der Waals surface area contributed by atoms with Gasteiger partial charge in [0.05, 0.1) is 6.21 Å². The molecule has 0 unspecified atom stereocenters. The molecular weight excluding hydrogens is 314 g/mol. The first-order chi connectivity index (χ1) is 11.1. The summed E-state index contributed by atoms with van der Waals surface area (Å²) in [5.74, 6) is -0.212. The maximum absolute atomic E-state index is 12.1. The van der Waals surface area contributed by atoms with Gasteiger partial charge in [-0.3, -0.25) is 4.79 Å². The molecular formula is C17H18ClN3O2. The zero-order valence-corrected chi connectivity index (χ0v) is 13.4. The number of nitrogens with zero attached hydrogens (tertiary/aromatic N) is 1. The molecule has 2 aromatic rings. The molecule has 0 bridgehead atoms. The summed E-state index contributed by atoms with van der Waals surface area (Å²) in [5.41, 5.74) is 3.76. The number of amides is 1. The number of rotatable bonds is 6. The second-order valence-electron chi connectivity index (χ2n) is 4.91. The lowest BCUT2D eigenvalue weighted by molar-refractivity contribution is -0.121. The quantitative estimate of drug-likeness (QED) is 0.561. The number of hydrogen-bond acceptors (Lipinski definition) is 4. The number of phenols is 1. The van der Waals surface area contributed by atoms with Crippen molar-refractivity contribution in [2.45, 2.75) is 19.4 Å². The molecule has 2 rings (SSSR count). The van der Waals surface area contributed by atoms with Crippen LogP contribution in [0, 0.1) is 0 Å². The monoisotopic (exact) mass is 331 g/mol. The van der Waals surface area contributed by atoms with Gasteiger partial charge in [-0.05, 0) is 36.8 Å². The van der Waals surface area contributed by atoms with Crippen LogP contribution in [0.4, 0.5) is 5.69 Å². The van der Waals surface area contributed by atoms with Gasteiger partial charge in [0.1, 0.15) is 11.8 Å². The molecule has 0 saturated carbocycles. The molecule has 0 spiro atoms. The second kappa shape index (κ2) is 8.19. The fourth-order valence-corrected chi connectivity index (χ4v) is 2.14. The molecule has 120 valence electrons. The molecule has 0 saturated heterocycles. The topological polar surface area (TPSA) is 73.7 Å². The minimum absolute atomic E-state index is 0.0434. The lowest BCUT2D eigenvalue weighted by Gasteiger charge is -2.16. The number of nitrogens with one attached hydrogen (secondary N) is 2. The van der Waals surface area contributed by atoms with E-state index in [1.165, 1.54) is 12.3 Å². The van der Waals surface area contributed by atoms with E-state index in [0.29, 0.717) is 17.0 Å². The van der Waals surface area contributed by atoms with Crippen molar-refractivity contribution in [3.05, 3.63) is 59.1 Å². The molecule has 1 amide bonds. The van der Waals surface area contributed by atoms with Crippen LogP contribution in [0.5, 0.6) is 5.75 Å². The van der Waals surface area contributed by atoms with Gasteiger partial charge in [0.25, 0.3) is 5.91 Å². The summed E-state index contributed by atoms with van der Waals surface area (Å²) in [6, 6.07) is 13.7. The van der Waals surface area contributed by atoms with Crippen LogP contribution in [0.2, 0.25) is 5.02 Å². The average Bonchev–Trinajstić information content (AvgIpc) is 2.56. The third kappa shape index (κ3) is 5.00. The van der Waals surface area contributed by atoms with E-state index in [1.807, 2.05) is 37.3 Å². The van der Waals surface area contributed by atoms with E-state index in [1.54, 1.807) is 12.1 Å². The minimum Gasteiger partial charge on any atom is -0.507 e. The summed E-state index contributed by atoms with van der Waals surface area (Å²) in [5, 5.41) is 17.2. The number of anilines is 1. The summed E-state index contributed by atoms with van der Waals surface area (Å²) >= 11 is 5.85. The highest BCUT2D eigenvalue weighted by Crippen LogP contribution is 2.19. The number of aromatic hydroxyl groups is 1. The molecule has 3 N–H and O–H groups in total. The first-order valence-corrected chi connectivity index (χ1v) is 7.61. The number of para-hydroxylation sites is 1. The van der Waals surface area contributed by atoms with Gasteiger partial charge in [0.2, 0.25) is 0 Å². The van der Waals surface area contributed by atoms with E-state index in [4.69, 9.17) is 11.6 Å². The standard InChI is InChI=1S/C17H18ClN3O2/c1-2-15(20-14-6-4-3-5-7-14)17(23)21-19-11-12-10-13(18)8-9-16(12)22/h3-11,15,20,22H,2H2,1H3,(H,21,23)/b19-11+/t15-/m1/s1. The smallest absolute Gasteiger partial charge is 0.262 e. The van der Waals surface area contributed by atoms with E-state index in [-0.39, 0.29) is 11.7 Å². The summed E-state index contributed by atoms with van der Waals surface area (Å²) in [4.78, 5) is 12.1. The number of hydrogen-bond donors (Lipinski definition) is 3. The van der Waals surface area contributed by atoms with Crippen molar-refractivity contribution < 1.29 is 9.90 Å². The molecule has 0 aliphatic rings. The van der Waals surface area contributed by atoms with Crippen LogP contribution < -0.4 is 10.7 Å². The van der Waals surface area contributed by atoms with E-state index in [9.17, 15) is 9.90 Å². The maximum atomic E-state index is 12.1. The van der Waals surface area contributed by atoms with Crippen molar-refractivity contribution in [2.24, 2.45) is 5.10 Å². The summed E-state index contributed by atoms with van der Waals surface area (Å²) in [7, 11) is 0. The molecule has 0 aliphatic carbocycles. The second-order valence-corrected chi connectivity index (χ2v) is 5.35. The SMILES string of the molecule is CC[C@@H](Nc1ccccc1)C(=O)N/N=C/c1cc(Cl)ccc1O. The zero-order chi connectivity index (χ0) is 16.7. The van der Waals surface area contributed by atoms with Crippen LogP contribution in [0.1, 0.15) is 18.9 Å². The van der Waals surface area contributed by atoms with Crippen molar-refractivity contribution in [3.8, 4) is 5.75 Å². The van der Waals surface area contributed by atoms with Crippen LogP contribution in [0.25, 0.3) is 0 Å². The molecule has 0 aliphatic heterocycles. The third-order valence-corrected chi connectivity index (χ3v) is 3.44. The summed E-state index contributed by atoms with van der Waals surface area (Å²) < 4.78 is 0. The Bertz CT molecular complexity index is 689. The Labute approximate surface area is 140 Å². The number of benzene rings is 2. The molecule has 0 fully saturated rings. The molecule has 5 nitrogen and oxygen atoms in total. The first kappa shape index (κ1) is 16.8. The van der Waals surface area contributed by atoms with Gasteiger partial charge in [-0.15, -0.1) is 0 Å². The minimum atomic E-state index is -0.400. The van der Waals surface area contributed by atoms with Crippen LogP contribution in [0.15, 0.2) is 53.6 Å². The van der Waals surface area contributed by atoms with E-state index in [0.717, 1.165) is 5.69 Å². The Morgan fingerprint density at radius 1 is 1.30 bits per heavy atom. The predicted octanol–water partition coefficient (Wildman–Crippen LogP) is 3.39. The van der Waals surface area contributed by atoms with E-state index in [2.05, 4.69) is 15.8 Å². The largest absolute Gasteiger partial charge is 0.507 e. The van der Waals surface area contributed by atoms with Crippen molar-refractivity contribution in [1.82, 2.24) is 5.43 Å². The van der Waals surface area contributed by atoms with E-state index >= 15 is 0 Å².